The van der Waals surface area contributed by atoms with E-state index in [4.69, 9.17) is 15.3 Å². The molecule has 0 aliphatic rings. The van der Waals surface area contributed by atoms with E-state index in [1.807, 2.05) is 0 Å². The zero-order valence-corrected chi connectivity index (χ0v) is 7.61. The third-order valence-electron chi connectivity index (χ3n) is 1.37. The van der Waals surface area contributed by atoms with Gasteiger partial charge in [0.1, 0.15) is 0 Å². The number of rotatable bonds is 2. The molecule has 0 amide bonds. The van der Waals surface area contributed by atoms with E-state index in [0.29, 0.717) is 0 Å². The third kappa shape index (κ3) is 4.56. The molecule has 1 rings (SSSR count). The molecule has 0 saturated carbocycles. The van der Waals surface area contributed by atoms with E-state index in [1.165, 1.54) is 12.1 Å². The van der Waals surface area contributed by atoms with Crippen LogP contribution in [0.1, 0.15) is 20.7 Å². The van der Waals surface area contributed by atoms with Crippen LogP contribution in [0.5, 0.6) is 0 Å². The molecule has 0 bridgehead atoms. The molecule has 0 unspecified atom stereocenters. The number of hydrogen-bond donors (Lipinski definition) is 0. The molecule has 8 nitrogen and oxygen atoms in total. The van der Waals surface area contributed by atoms with Crippen LogP contribution in [-0.2, 0) is 0 Å². The van der Waals surface area contributed by atoms with Gasteiger partial charge in [0.2, 0.25) is 0 Å². The van der Waals surface area contributed by atoms with Crippen molar-refractivity contribution in [1.82, 2.24) is 0 Å². The van der Waals surface area contributed by atoms with Gasteiger partial charge in [-0.05, 0) is 0 Å². The molecule has 0 fully saturated rings. The minimum absolute atomic E-state index is 0.363. The highest BCUT2D eigenvalue weighted by Gasteiger charge is 2.01. The van der Waals surface area contributed by atoms with Crippen molar-refractivity contribution in [3.05, 3.63) is 50.7 Å². The lowest BCUT2D eigenvalue weighted by molar-refractivity contribution is -0.402. The Labute approximate surface area is 88.5 Å². The second-order valence-corrected chi connectivity index (χ2v) is 2.34. The first-order valence-electron chi connectivity index (χ1n) is 3.69. The van der Waals surface area contributed by atoms with Gasteiger partial charge < -0.3 is 35.1 Å². The summed E-state index contributed by atoms with van der Waals surface area (Å²) in [6, 6.07) is 5.14. The Bertz CT molecular complexity index is 378. The van der Waals surface area contributed by atoms with Crippen LogP contribution in [0.2, 0.25) is 0 Å². The quantitative estimate of drug-likeness (QED) is 0.425. The average molecular weight is 226 g/mol. The number of nitrogens with zero attached hydrogens (tertiary/aromatic N) is 1. The van der Waals surface area contributed by atoms with Crippen molar-refractivity contribution < 1.29 is 24.9 Å². The third-order valence-corrected chi connectivity index (χ3v) is 1.37. The van der Waals surface area contributed by atoms with Gasteiger partial charge in [-0.2, -0.15) is 0 Å². The number of carbonyl (C=O) groups is 2. The summed E-state index contributed by atoms with van der Waals surface area (Å²) < 4.78 is 0. The SMILES string of the molecule is O=C([O-])c1ccccc1C(=O)[O-].O=[N+]([O-])[O-]. The molecule has 0 spiro atoms. The monoisotopic (exact) mass is 226 g/mol. The number of aromatic carboxylic acids is 2. The van der Waals surface area contributed by atoms with E-state index in [-0.39, 0.29) is 11.1 Å². The summed E-state index contributed by atoms with van der Waals surface area (Å²) in [5.41, 5.74) is -0.727. The lowest BCUT2D eigenvalue weighted by Gasteiger charge is -2.09. The van der Waals surface area contributed by atoms with Crippen molar-refractivity contribution in [2.24, 2.45) is 0 Å². The smallest absolute Gasteiger partial charge is 0.0721 e. The topological polar surface area (TPSA) is 146 Å². The van der Waals surface area contributed by atoms with E-state index < -0.39 is 17.0 Å². The van der Waals surface area contributed by atoms with Crippen LogP contribution in [0, 0.1) is 15.3 Å². The summed E-state index contributed by atoms with van der Waals surface area (Å²) in [4.78, 5) is 28.9. The number of carbonyl (C=O) groups excluding carboxylic acids is 2. The van der Waals surface area contributed by atoms with Crippen molar-refractivity contribution in [3.8, 4) is 0 Å². The normalized spacial score (nSPS) is 8.50. The zero-order valence-electron chi connectivity index (χ0n) is 7.61. The Morgan fingerprint density at radius 2 is 1.19 bits per heavy atom. The van der Waals surface area contributed by atoms with Crippen LogP contribution < -0.4 is 10.2 Å². The molecular formula is C8H4NO7-3. The van der Waals surface area contributed by atoms with Gasteiger partial charge >= 0.3 is 0 Å². The van der Waals surface area contributed by atoms with Crippen LogP contribution in [0.3, 0.4) is 0 Å². The van der Waals surface area contributed by atoms with E-state index in [0.717, 1.165) is 12.1 Å². The van der Waals surface area contributed by atoms with E-state index >= 15 is 0 Å². The molecule has 0 heterocycles. The molecule has 0 aliphatic carbocycles. The van der Waals surface area contributed by atoms with Crippen LogP contribution in [0.15, 0.2) is 24.3 Å². The molecule has 86 valence electrons. The van der Waals surface area contributed by atoms with Gasteiger partial charge in [-0.15, -0.1) is 0 Å². The molecule has 0 saturated heterocycles. The van der Waals surface area contributed by atoms with Crippen molar-refractivity contribution in [2.75, 3.05) is 0 Å². The summed E-state index contributed by atoms with van der Waals surface area (Å²) in [5.74, 6) is -3.04. The standard InChI is InChI=1S/C8H6O4.NO3/c9-7(10)5-3-1-2-4-6(5)8(11)12;2-1(3)4/h1-4H,(H,9,10)(H,11,12);/q;-1/p-2. The van der Waals surface area contributed by atoms with Crippen LogP contribution >= 0.6 is 0 Å². The fourth-order valence-electron chi connectivity index (χ4n) is 0.839. The highest BCUT2D eigenvalue weighted by Crippen LogP contribution is 2.05. The molecular weight excluding hydrogens is 222 g/mol. The minimum atomic E-state index is -1.75. The lowest BCUT2D eigenvalue weighted by atomic mass is 10.1. The van der Waals surface area contributed by atoms with Crippen molar-refractivity contribution in [2.45, 2.75) is 0 Å². The van der Waals surface area contributed by atoms with E-state index in [9.17, 15) is 19.8 Å². The van der Waals surface area contributed by atoms with Gasteiger partial charge in [0, 0.05) is 11.1 Å². The lowest BCUT2D eigenvalue weighted by Crippen LogP contribution is -2.29. The fraction of sp³-hybridized carbons (Fsp3) is 0. The highest BCUT2D eigenvalue weighted by atomic mass is 16.9. The molecule has 1 aromatic carbocycles. The fourth-order valence-corrected chi connectivity index (χ4v) is 0.839. The summed E-state index contributed by atoms with van der Waals surface area (Å²) >= 11 is 0. The summed E-state index contributed by atoms with van der Waals surface area (Å²) in [6.45, 7) is 0. The van der Waals surface area contributed by atoms with E-state index in [2.05, 4.69) is 0 Å². The highest BCUT2D eigenvalue weighted by molar-refractivity contribution is 5.99. The Morgan fingerprint density at radius 3 is 1.38 bits per heavy atom. The summed E-state index contributed by atoms with van der Waals surface area (Å²) in [6.07, 6.45) is 0. The van der Waals surface area contributed by atoms with Crippen molar-refractivity contribution >= 4 is 11.9 Å². The number of carboxylic acids is 2. The first-order chi connectivity index (χ1) is 7.36. The molecule has 0 aromatic heterocycles. The van der Waals surface area contributed by atoms with Crippen molar-refractivity contribution in [3.63, 3.8) is 0 Å². The molecule has 16 heavy (non-hydrogen) atoms. The maximum absolute atomic E-state index is 10.3. The second kappa shape index (κ2) is 5.96. The van der Waals surface area contributed by atoms with Crippen molar-refractivity contribution in [1.29, 1.82) is 0 Å². The summed E-state index contributed by atoms with van der Waals surface area (Å²) in [7, 11) is 0. The van der Waals surface area contributed by atoms with Gasteiger partial charge in [0.25, 0.3) is 0 Å². The Kier molecular flexibility index (Phi) is 4.98. The number of carboxylic acid groups (broad SMARTS) is 2. The Balaban J connectivity index is 0.000000487. The molecule has 0 N–H and O–H groups in total. The Hall–Kier alpha value is -2.64. The van der Waals surface area contributed by atoms with Gasteiger partial charge in [0.05, 0.1) is 17.0 Å². The molecule has 1 aromatic rings. The van der Waals surface area contributed by atoms with Gasteiger partial charge in [-0.3, -0.25) is 0 Å². The molecule has 0 aliphatic heterocycles. The maximum Gasteiger partial charge on any atom is 0.0721 e. The largest absolute Gasteiger partial charge is 0.545 e. The van der Waals surface area contributed by atoms with Gasteiger partial charge in [-0.25, -0.2) is 0 Å². The summed E-state index contributed by atoms with van der Waals surface area (Å²) in [5, 5.41) is 35.4. The number of hydrogen-bond acceptors (Lipinski definition) is 7. The predicted octanol–water partition coefficient (Wildman–Crippen LogP) is -1.83. The van der Waals surface area contributed by atoms with Crippen LogP contribution in [0.4, 0.5) is 0 Å². The first kappa shape index (κ1) is 13.4. The minimum Gasteiger partial charge on any atom is -0.545 e. The predicted molar refractivity (Wildman–Crippen MR) is 45.5 cm³/mol. The van der Waals surface area contributed by atoms with E-state index in [1.54, 1.807) is 0 Å². The van der Waals surface area contributed by atoms with Gasteiger partial charge in [0.15, 0.2) is 0 Å². The molecule has 0 atom stereocenters. The second-order valence-electron chi connectivity index (χ2n) is 2.34. The first-order valence-corrected chi connectivity index (χ1v) is 3.69. The zero-order chi connectivity index (χ0) is 12.7. The number of benzene rings is 1. The van der Waals surface area contributed by atoms with Crippen LogP contribution in [0.25, 0.3) is 0 Å². The molecule has 8 heteroatoms. The Morgan fingerprint density at radius 1 is 0.938 bits per heavy atom. The van der Waals surface area contributed by atoms with Gasteiger partial charge in [-0.1, -0.05) is 24.3 Å². The maximum atomic E-state index is 10.3. The van der Waals surface area contributed by atoms with Crippen LogP contribution in [-0.4, -0.2) is 17.0 Å². The molecule has 0 radical (unpaired) electrons. The average Bonchev–Trinajstić information content (AvgIpc) is 2.16.